The molecule has 3 nitrogen and oxygen atoms in total. The molecule has 0 bridgehead atoms. The first-order valence-corrected chi connectivity index (χ1v) is 7.80. The third kappa shape index (κ3) is 2.57. The van der Waals surface area contributed by atoms with Gasteiger partial charge in [-0.2, -0.15) is 0 Å². The van der Waals surface area contributed by atoms with Crippen LogP contribution in [-0.4, -0.2) is 5.91 Å². The Morgan fingerprint density at radius 3 is 2.70 bits per heavy atom. The number of hydrogen-bond acceptors (Lipinski definition) is 2. The van der Waals surface area contributed by atoms with E-state index in [1.165, 1.54) is 25.7 Å². The fourth-order valence-electron chi connectivity index (χ4n) is 3.42. The normalized spacial score (nSPS) is 27.1. The molecule has 0 radical (unpaired) electrons. The standard InChI is InChI=1S/C16H21ClN2O/c1-9-2-4-10(5-3-9)16(18)12-6-11-7-15(20)19-14(11)8-13(12)17/h6,8-10,16H,2-5,7,18H2,1H3,(H,19,20). The van der Waals surface area contributed by atoms with E-state index in [2.05, 4.69) is 12.2 Å². The molecule has 1 aromatic carbocycles. The van der Waals surface area contributed by atoms with Gasteiger partial charge in [0.15, 0.2) is 0 Å². The zero-order valence-corrected chi connectivity index (χ0v) is 12.5. The van der Waals surface area contributed by atoms with Gasteiger partial charge in [-0.15, -0.1) is 0 Å². The molecular weight excluding hydrogens is 272 g/mol. The van der Waals surface area contributed by atoms with Crippen molar-refractivity contribution in [3.63, 3.8) is 0 Å². The van der Waals surface area contributed by atoms with E-state index in [0.29, 0.717) is 17.4 Å². The summed E-state index contributed by atoms with van der Waals surface area (Å²) >= 11 is 6.37. The average Bonchev–Trinajstić information content (AvgIpc) is 2.77. The molecule has 2 aliphatic rings. The Morgan fingerprint density at radius 2 is 2.00 bits per heavy atom. The second kappa shape index (κ2) is 5.38. The Bertz CT molecular complexity index is 536. The predicted molar refractivity (Wildman–Crippen MR) is 81.8 cm³/mol. The molecule has 4 heteroatoms. The lowest BCUT2D eigenvalue weighted by atomic mass is 9.77. The molecule has 1 aromatic rings. The maximum Gasteiger partial charge on any atom is 0.228 e. The second-order valence-corrected chi connectivity index (χ2v) is 6.71. The molecule has 1 aliphatic heterocycles. The van der Waals surface area contributed by atoms with Crippen LogP contribution >= 0.6 is 11.6 Å². The Balaban J connectivity index is 1.83. The first kappa shape index (κ1) is 13.9. The van der Waals surface area contributed by atoms with Crippen LogP contribution in [-0.2, 0) is 11.2 Å². The predicted octanol–water partition coefficient (Wildman–Crippen LogP) is 3.66. The molecule has 1 fully saturated rings. The molecule has 0 saturated heterocycles. The van der Waals surface area contributed by atoms with Crippen molar-refractivity contribution in [2.24, 2.45) is 17.6 Å². The van der Waals surface area contributed by atoms with Gasteiger partial charge in [0.25, 0.3) is 0 Å². The zero-order valence-electron chi connectivity index (χ0n) is 11.8. The lowest BCUT2D eigenvalue weighted by molar-refractivity contribution is -0.115. The number of anilines is 1. The molecule has 3 N–H and O–H groups in total. The maximum absolute atomic E-state index is 11.4. The monoisotopic (exact) mass is 292 g/mol. The maximum atomic E-state index is 11.4. The molecule has 1 atom stereocenters. The number of rotatable bonds is 2. The van der Waals surface area contributed by atoms with Crippen LogP contribution in [0.25, 0.3) is 0 Å². The highest BCUT2D eigenvalue weighted by Crippen LogP contribution is 2.39. The highest BCUT2D eigenvalue weighted by molar-refractivity contribution is 6.32. The summed E-state index contributed by atoms with van der Waals surface area (Å²) < 4.78 is 0. The molecule has 0 spiro atoms. The number of amides is 1. The van der Waals surface area contributed by atoms with Crippen LogP contribution in [0, 0.1) is 11.8 Å². The summed E-state index contributed by atoms with van der Waals surface area (Å²) in [4.78, 5) is 11.4. The zero-order chi connectivity index (χ0) is 14.3. The van der Waals surface area contributed by atoms with Crippen molar-refractivity contribution in [3.8, 4) is 0 Å². The topological polar surface area (TPSA) is 55.1 Å². The molecule has 0 aromatic heterocycles. The molecule has 1 saturated carbocycles. The third-order valence-electron chi connectivity index (χ3n) is 4.78. The van der Waals surface area contributed by atoms with Crippen LogP contribution in [0.1, 0.15) is 49.8 Å². The number of nitrogens with one attached hydrogen (secondary N) is 1. The van der Waals surface area contributed by atoms with E-state index in [0.717, 1.165) is 22.7 Å². The largest absolute Gasteiger partial charge is 0.325 e. The Labute approximate surface area is 124 Å². The molecule has 1 amide bonds. The fraction of sp³-hybridized carbons (Fsp3) is 0.562. The number of carbonyl (C=O) groups excluding carboxylic acids is 1. The second-order valence-electron chi connectivity index (χ2n) is 6.30. The molecule has 20 heavy (non-hydrogen) atoms. The minimum atomic E-state index is -0.0176. The van der Waals surface area contributed by atoms with Crippen LogP contribution in [0.2, 0.25) is 5.02 Å². The lowest BCUT2D eigenvalue weighted by Gasteiger charge is -2.31. The van der Waals surface area contributed by atoms with Crippen LogP contribution in [0.5, 0.6) is 0 Å². The molecule has 3 rings (SSSR count). The first-order valence-electron chi connectivity index (χ1n) is 7.42. The average molecular weight is 293 g/mol. The van der Waals surface area contributed by atoms with Crippen molar-refractivity contribution in [2.45, 2.75) is 45.1 Å². The number of fused-ring (bicyclic) bond motifs is 1. The summed E-state index contributed by atoms with van der Waals surface area (Å²) in [5.74, 6) is 1.36. The van der Waals surface area contributed by atoms with Crippen LogP contribution < -0.4 is 11.1 Å². The van der Waals surface area contributed by atoms with E-state index in [9.17, 15) is 4.79 Å². The van der Waals surface area contributed by atoms with Crippen molar-refractivity contribution in [2.75, 3.05) is 5.32 Å². The summed E-state index contributed by atoms with van der Waals surface area (Å²) in [6.45, 7) is 2.31. The van der Waals surface area contributed by atoms with Crippen molar-refractivity contribution < 1.29 is 4.79 Å². The highest BCUT2D eigenvalue weighted by atomic mass is 35.5. The van der Waals surface area contributed by atoms with Gasteiger partial charge in [0.2, 0.25) is 5.91 Å². The van der Waals surface area contributed by atoms with E-state index < -0.39 is 0 Å². The van der Waals surface area contributed by atoms with Crippen LogP contribution in [0.15, 0.2) is 12.1 Å². The van der Waals surface area contributed by atoms with Gasteiger partial charge < -0.3 is 11.1 Å². The summed E-state index contributed by atoms with van der Waals surface area (Å²) in [7, 11) is 0. The Kier molecular flexibility index (Phi) is 3.74. The van der Waals surface area contributed by atoms with Crippen LogP contribution in [0.3, 0.4) is 0 Å². The van der Waals surface area contributed by atoms with E-state index >= 15 is 0 Å². The van der Waals surface area contributed by atoms with Gasteiger partial charge in [-0.1, -0.05) is 37.4 Å². The number of benzene rings is 1. The summed E-state index contributed by atoms with van der Waals surface area (Å²) in [5, 5.41) is 3.50. The van der Waals surface area contributed by atoms with Gasteiger partial charge in [-0.05, 0) is 41.9 Å². The molecule has 1 aliphatic carbocycles. The molecule has 108 valence electrons. The summed E-state index contributed by atoms with van der Waals surface area (Å²) in [6.07, 6.45) is 5.29. The minimum absolute atomic E-state index is 0.0176. The SMILES string of the molecule is CC1CCC(C(N)c2cc3c(cc2Cl)NC(=O)C3)CC1. The van der Waals surface area contributed by atoms with E-state index in [1.54, 1.807) is 0 Å². The van der Waals surface area contributed by atoms with Gasteiger partial charge in [-0.3, -0.25) is 4.79 Å². The number of hydrogen-bond donors (Lipinski definition) is 2. The Hall–Kier alpha value is -1.06. The fourth-order valence-corrected chi connectivity index (χ4v) is 3.71. The Morgan fingerprint density at radius 1 is 1.30 bits per heavy atom. The molecular formula is C16H21ClN2O. The van der Waals surface area contributed by atoms with E-state index in [1.807, 2.05) is 12.1 Å². The number of halogens is 1. The van der Waals surface area contributed by atoms with Gasteiger partial charge in [0.05, 0.1) is 6.42 Å². The molecule has 1 unspecified atom stereocenters. The van der Waals surface area contributed by atoms with Gasteiger partial charge >= 0.3 is 0 Å². The van der Waals surface area contributed by atoms with E-state index in [4.69, 9.17) is 17.3 Å². The quantitative estimate of drug-likeness (QED) is 0.874. The van der Waals surface area contributed by atoms with Gasteiger partial charge in [0.1, 0.15) is 0 Å². The highest BCUT2D eigenvalue weighted by Gasteiger charge is 2.28. The van der Waals surface area contributed by atoms with E-state index in [-0.39, 0.29) is 11.9 Å². The smallest absolute Gasteiger partial charge is 0.228 e. The van der Waals surface area contributed by atoms with Crippen molar-refractivity contribution in [3.05, 3.63) is 28.3 Å². The van der Waals surface area contributed by atoms with Gasteiger partial charge in [0, 0.05) is 16.8 Å². The minimum Gasteiger partial charge on any atom is -0.325 e. The number of nitrogens with two attached hydrogens (primary N) is 1. The third-order valence-corrected chi connectivity index (χ3v) is 5.10. The van der Waals surface area contributed by atoms with Gasteiger partial charge in [-0.25, -0.2) is 0 Å². The number of carbonyl (C=O) groups is 1. The van der Waals surface area contributed by atoms with Crippen molar-refractivity contribution in [1.82, 2.24) is 0 Å². The first-order chi connectivity index (χ1) is 9.54. The summed E-state index contributed by atoms with van der Waals surface area (Å²) in [5.41, 5.74) is 9.32. The molecule has 1 heterocycles. The van der Waals surface area contributed by atoms with Crippen LogP contribution in [0.4, 0.5) is 5.69 Å². The van der Waals surface area contributed by atoms with Crippen molar-refractivity contribution >= 4 is 23.2 Å². The lowest BCUT2D eigenvalue weighted by Crippen LogP contribution is -2.25. The summed E-state index contributed by atoms with van der Waals surface area (Å²) in [6, 6.07) is 3.86. The van der Waals surface area contributed by atoms with Crippen molar-refractivity contribution in [1.29, 1.82) is 0 Å².